The van der Waals surface area contributed by atoms with E-state index in [1.807, 2.05) is 53.6 Å². The van der Waals surface area contributed by atoms with Gasteiger partial charge >= 0.3 is 0 Å². The summed E-state index contributed by atoms with van der Waals surface area (Å²) in [4.78, 5) is 38.1. The summed E-state index contributed by atoms with van der Waals surface area (Å²) in [5.74, 6) is 0.135. The Hall–Kier alpha value is -3.97. The standard InChI is InChI=1S/C31H35N5O2/c37-30-21-29(25-7-2-1-3-8-25)36(23-24-13-15-32-16-14-24)19-6-18-35(20-17-33-30)31(38)12-11-26-22-34-28-10-5-4-9-27(26)28/h1-5,7-10,13-16,22,29,34H,6,11-12,17-21,23H2,(H,33,37). The van der Waals surface area contributed by atoms with Crippen LogP contribution >= 0.6 is 0 Å². The number of nitrogens with one attached hydrogen (secondary N) is 2. The maximum Gasteiger partial charge on any atom is 0.222 e. The minimum Gasteiger partial charge on any atom is -0.361 e. The van der Waals surface area contributed by atoms with E-state index >= 15 is 0 Å². The zero-order chi connectivity index (χ0) is 26.2. The Kier molecular flexibility index (Phi) is 8.46. The summed E-state index contributed by atoms with van der Waals surface area (Å²) in [5, 5.41) is 4.24. The highest BCUT2D eigenvalue weighted by atomic mass is 16.2. The Morgan fingerprint density at radius 2 is 1.74 bits per heavy atom. The lowest BCUT2D eigenvalue weighted by Gasteiger charge is -2.32. The number of carbonyl (C=O) groups is 2. The second kappa shape index (κ2) is 12.5. The van der Waals surface area contributed by atoms with Gasteiger partial charge in [0.05, 0.1) is 0 Å². The smallest absolute Gasteiger partial charge is 0.222 e. The molecule has 0 aliphatic carbocycles. The lowest BCUT2D eigenvalue weighted by atomic mass is 10.00. The minimum absolute atomic E-state index is 0.00618. The minimum atomic E-state index is -0.0477. The number of nitrogens with zero attached hydrogens (tertiary/aromatic N) is 3. The Morgan fingerprint density at radius 1 is 0.947 bits per heavy atom. The monoisotopic (exact) mass is 509 g/mol. The molecule has 0 spiro atoms. The topological polar surface area (TPSA) is 81.3 Å². The summed E-state index contributed by atoms with van der Waals surface area (Å²) in [6, 6.07) is 22.4. The van der Waals surface area contributed by atoms with Crippen LogP contribution in [0.2, 0.25) is 0 Å². The molecular weight excluding hydrogens is 474 g/mol. The van der Waals surface area contributed by atoms with Gasteiger partial charge in [-0.3, -0.25) is 19.5 Å². The van der Waals surface area contributed by atoms with Crippen molar-refractivity contribution in [1.82, 2.24) is 25.1 Å². The zero-order valence-corrected chi connectivity index (χ0v) is 21.7. The molecule has 1 atom stereocenters. The van der Waals surface area contributed by atoms with Gasteiger partial charge in [0.25, 0.3) is 0 Å². The van der Waals surface area contributed by atoms with Crippen LogP contribution < -0.4 is 5.32 Å². The average molecular weight is 510 g/mol. The van der Waals surface area contributed by atoms with E-state index < -0.39 is 0 Å². The van der Waals surface area contributed by atoms with Crippen molar-refractivity contribution in [3.63, 3.8) is 0 Å². The van der Waals surface area contributed by atoms with Crippen molar-refractivity contribution in [2.45, 2.75) is 38.3 Å². The molecule has 1 fully saturated rings. The van der Waals surface area contributed by atoms with Crippen LogP contribution in [0, 0.1) is 0 Å². The first-order chi connectivity index (χ1) is 18.7. The average Bonchev–Trinajstić information content (AvgIpc) is 3.36. The number of carbonyl (C=O) groups excluding carboxylic acids is 2. The molecule has 38 heavy (non-hydrogen) atoms. The number of para-hydroxylation sites is 1. The number of aromatic amines is 1. The molecule has 3 heterocycles. The van der Waals surface area contributed by atoms with Gasteiger partial charge in [0.1, 0.15) is 0 Å². The summed E-state index contributed by atoms with van der Waals surface area (Å²) in [6.07, 6.45) is 7.97. The Morgan fingerprint density at radius 3 is 2.58 bits per heavy atom. The fourth-order valence-electron chi connectivity index (χ4n) is 5.34. The van der Waals surface area contributed by atoms with Crippen molar-refractivity contribution in [1.29, 1.82) is 0 Å². The van der Waals surface area contributed by atoms with Crippen LogP contribution in [0.1, 0.15) is 42.0 Å². The van der Waals surface area contributed by atoms with E-state index in [1.54, 1.807) is 12.4 Å². The number of pyridine rings is 1. The third kappa shape index (κ3) is 6.47. The number of aryl methyl sites for hydroxylation is 1. The maximum absolute atomic E-state index is 13.3. The van der Waals surface area contributed by atoms with Crippen LogP contribution in [0.15, 0.2) is 85.3 Å². The molecule has 0 saturated carbocycles. The Labute approximate surface area is 223 Å². The molecule has 196 valence electrons. The van der Waals surface area contributed by atoms with E-state index in [0.717, 1.165) is 35.2 Å². The highest BCUT2D eigenvalue weighted by Crippen LogP contribution is 2.27. The van der Waals surface area contributed by atoms with Crippen molar-refractivity contribution in [3.05, 3.63) is 102 Å². The normalized spacial score (nSPS) is 17.6. The van der Waals surface area contributed by atoms with Gasteiger partial charge in [0, 0.05) is 81.1 Å². The predicted molar refractivity (Wildman–Crippen MR) is 149 cm³/mol. The summed E-state index contributed by atoms with van der Waals surface area (Å²) in [7, 11) is 0. The van der Waals surface area contributed by atoms with Crippen LogP contribution in [0.4, 0.5) is 0 Å². The van der Waals surface area contributed by atoms with Gasteiger partial charge in [-0.1, -0.05) is 48.5 Å². The molecule has 0 radical (unpaired) electrons. The number of amides is 2. The summed E-state index contributed by atoms with van der Waals surface area (Å²) in [5.41, 5.74) is 4.54. The van der Waals surface area contributed by atoms with E-state index in [4.69, 9.17) is 0 Å². The van der Waals surface area contributed by atoms with Gasteiger partial charge in [0.2, 0.25) is 11.8 Å². The molecule has 1 saturated heterocycles. The third-order valence-corrected chi connectivity index (χ3v) is 7.35. The lowest BCUT2D eigenvalue weighted by molar-refractivity contribution is -0.131. The molecule has 7 heteroatoms. The van der Waals surface area contributed by atoms with Crippen molar-refractivity contribution < 1.29 is 9.59 Å². The fourth-order valence-corrected chi connectivity index (χ4v) is 5.34. The number of fused-ring (bicyclic) bond motifs is 1. The third-order valence-electron chi connectivity index (χ3n) is 7.35. The molecule has 2 N–H and O–H groups in total. The van der Waals surface area contributed by atoms with Gasteiger partial charge in [-0.25, -0.2) is 0 Å². The molecule has 7 nitrogen and oxygen atoms in total. The quantitative estimate of drug-likeness (QED) is 0.402. The largest absolute Gasteiger partial charge is 0.361 e. The van der Waals surface area contributed by atoms with Crippen LogP contribution in [-0.2, 0) is 22.6 Å². The van der Waals surface area contributed by atoms with E-state index in [9.17, 15) is 9.59 Å². The van der Waals surface area contributed by atoms with E-state index in [1.165, 1.54) is 5.39 Å². The van der Waals surface area contributed by atoms with Crippen LogP contribution in [0.5, 0.6) is 0 Å². The summed E-state index contributed by atoms with van der Waals surface area (Å²) >= 11 is 0. The second-order valence-electron chi connectivity index (χ2n) is 9.90. The van der Waals surface area contributed by atoms with Crippen molar-refractivity contribution in [2.75, 3.05) is 26.2 Å². The van der Waals surface area contributed by atoms with E-state index in [0.29, 0.717) is 45.4 Å². The Balaban J connectivity index is 1.29. The number of hydrogen-bond acceptors (Lipinski definition) is 4. The van der Waals surface area contributed by atoms with Gasteiger partial charge < -0.3 is 15.2 Å². The number of benzene rings is 2. The first-order valence-electron chi connectivity index (χ1n) is 13.4. The molecule has 2 aromatic heterocycles. The highest BCUT2D eigenvalue weighted by molar-refractivity contribution is 5.84. The SMILES string of the molecule is O=C1CC(c2ccccc2)N(Cc2ccncc2)CCCN(C(=O)CCc2c[nH]c3ccccc23)CCN1. The predicted octanol–water partition coefficient (Wildman–Crippen LogP) is 4.48. The molecular formula is C31H35N5O2. The molecule has 4 aromatic rings. The lowest BCUT2D eigenvalue weighted by Crippen LogP contribution is -2.39. The van der Waals surface area contributed by atoms with Crippen molar-refractivity contribution in [2.24, 2.45) is 0 Å². The first kappa shape index (κ1) is 25.7. The van der Waals surface area contributed by atoms with Crippen LogP contribution in [-0.4, -0.2) is 57.8 Å². The fraction of sp³-hybridized carbons (Fsp3) is 0.323. The molecule has 1 unspecified atom stereocenters. The number of H-pyrrole nitrogens is 1. The molecule has 2 amide bonds. The number of rotatable bonds is 6. The van der Waals surface area contributed by atoms with Crippen LogP contribution in [0.25, 0.3) is 10.9 Å². The summed E-state index contributed by atoms with van der Waals surface area (Å²) < 4.78 is 0. The second-order valence-corrected chi connectivity index (χ2v) is 9.90. The molecule has 5 rings (SSSR count). The molecule has 1 aliphatic heterocycles. The van der Waals surface area contributed by atoms with Crippen LogP contribution in [0.3, 0.4) is 0 Å². The molecule has 1 aliphatic rings. The van der Waals surface area contributed by atoms with Crippen molar-refractivity contribution >= 4 is 22.7 Å². The maximum atomic E-state index is 13.3. The van der Waals surface area contributed by atoms with Gasteiger partial charge in [-0.2, -0.15) is 0 Å². The van der Waals surface area contributed by atoms with E-state index in [-0.39, 0.29) is 17.9 Å². The zero-order valence-electron chi connectivity index (χ0n) is 21.7. The highest BCUT2D eigenvalue weighted by Gasteiger charge is 2.25. The van der Waals surface area contributed by atoms with E-state index in [2.05, 4.69) is 44.5 Å². The molecule has 0 bridgehead atoms. The number of hydrogen-bond donors (Lipinski definition) is 2. The van der Waals surface area contributed by atoms with Crippen molar-refractivity contribution in [3.8, 4) is 0 Å². The van der Waals surface area contributed by atoms with Gasteiger partial charge in [-0.05, 0) is 47.7 Å². The summed E-state index contributed by atoms with van der Waals surface area (Å²) in [6.45, 7) is 3.14. The van der Waals surface area contributed by atoms with Gasteiger partial charge in [-0.15, -0.1) is 0 Å². The Bertz CT molecular complexity index is 1340. The molecule has 2 aromatic carbocycles. The number of aromatic nitrogens is 2. The first-order valence-corrected chi connectivity index (χ1v) is 13.4. The van der Waals surface area contributed by atoms with Gasteiger partial charge in [0.15, 0.2) is 0 Å².